The maximum Gasteiger partial charge on any atom is 0.191 e. The molecule has 1 saturated heterocycles. The van der Waals surface area contributed by atoms with Crippen LogP contribution in [0.2, 0.25) is 0 Å². The minimum atomic E-state index is 0. The monoisotopic (exact) mass is 503 g/mol. The molecule has 0 bridgehead atoms. The van der Waals surface area contributed by atoms with Crippen molar-refractivity contribution in [3.8, 4) is 0 Å². The van der Waals surface area contributed by atoms with E-state index >= 15 is 0 Å². The van der Waals surface area contributed by atoms with Gasteiger partial charge < -0.3 is 20.1 Å². The highest BCUT2D eigenvalue weighted by Gasteiger charge is 2.15. The number of guanidine groups is 1. The predicted octanol–water partition coefficient (Wildman–Crippen LogP) is 2.80. The first-order chi connectivity index (χ1) is 13.3. The topological polar surface area (TPSA) is 70.4 Å². The molecule has 3 rings (SSSR count). The van der Waals surface area contributed by atoms with Gasteiger partial charge in [-0.25, -0.2) is 4.99 Å². The highest BCUT2D eigenvalue weighted by Crippen LogP contribution is 2.16. The minimum absolute atomic E-state index is 0. The van der Waals surface area contributed by atoms with Crippen LogP contribution in [0.15, 0.2) is 4.99 Å². The third-order valence-electron chi connectivity index (χ3n) is 5.73. The summed E-state index contributed by atoms with van der Waals surface area (Å²) in [6, 6.07) is 0. The third-order valence-corrected chi connectivity index (χ3v) is 5.73. The molecule has 0 aromatic carbocycles. The lowest BCUT2D eigenvalue weighted by atomic mass is 9.99. The maximum atomic E-state index is 4.75. The lowest BCUT2D eigenvalue weighted by molar-refractivity contribution is 0.191. The zero-order valence-corrected chi connectivity index (χ0v) is 20.0. The number of hydrogen-bond donors (Lipinski definition) is 2. The number of likely N-dealkylation sites (tertiary alicyclic amines) is 1. The summed E-state index contributed by atoms with van der Waals surface area (Å²) in [7, 11) is 0. The van der Waals surface area contributed by atoms with Crippen molar-refractivity contribution in [3.63, 3.8) is 0 Å². The van der Waals surface area contributed by atoms with Gasteiger partial charge in [0, 0.05) is 26.1 Å². The summed E-state index contributed by atoms with van der Waals surface area (Å²) in [5, 5.41) is 15.6. The van der Waals surface area contributed by atoms with Crippen molar-refractivity contribution in [1.82, 2.24) is 30.3 Å². The molecular weight excluding hydrogens is 465 g/mol. The number of fused-ring (bicyclic) bond motifs is 1. The van der Waals surface area contributed by atoms with Crippen LogP contribution in [-0.2, 0) is 19.5 Å². The summed E-state index contributed by atoms with van der Waals surface area (Å²) in [6.07, 6.45) is 8.62. The summed E-state index contributed by atoms with van der Waals surface area (Å²) in [5.41, 5.74) is 0. The molecule has 0 radical (unpaired) electrons. The first kappa shape index (κ1) is 23.4. The molecule has 0 aliphatic carbocycles. The Morgan fingerprint density at radius 2 is 1.93 bits per heavy atom. The van der Waals surface area contributed by atoms with Crippen molar-refractivity contribution < 1.29 is 0 Å². The molecule has 0 amide bonds. The van der Waals surface area contributed by atoms with Crippen molar-refractivity contribution in [3.05, 3.63) is 11.6 Å². The van der Waals surface area contributed by atoms with Crippen LogP contribution in [0.3, 0.4) is 0 Å². The maximum absolute atomic E-state index is 4.75. The molecule has 160 valence electrons. The zero-order valence-electron chi connectivity index (χ0n) is 17.6. The Kier molecular flexibility index (Phi) is 10.5. The van der Waals surface area contributed by atoms with Crippen LogP contribution in [-0.4, -0.2) is 58.3 Å². The van der Waals surface area contributed by atoms with Crippen LogP contribution in [0, 0.1) is 5.92 Å². The van der Waals surface area contributed by atoms with Crippen molar-refractivity contribution >= 4 is 29.9 Å². The zero-order chi connectivity index (χ0) is 18.9. The lowest BCUT2D eigenvalue weighted by Gasteiger charge is -2.30. The van der Waals surface area contributed by atoms with E-state index in [9.17, 15) is 0 Å². The first-order valence-electron chi connectivity index (χ1n) is 10.9. The molecule has 0 saturated carbocycles. The number of nitrogens with one attached hydrogen (secondary N) is 2. The summed E-state index contributed by atoms with van der Waals surface area (Å²) >= 11 is 0. The highest BCUT2D eigenvalue weighted by molar-refractivity contribution is 14.0. The average Bonchev–Trinajstić information content (AvgIpc) is 2.91. The molecule has 28 heavy (non-hydrogen) atoms. The molecule has 2 N–H and O–H groups in total. The number of aromatic nitrogens is 3. The number of piperidine rings is 1. The second-order valence-electron chi connectivity index (χ2n) is 7.99. The van der Waals surface area contributed by atoms with Crippen LogP contribution >= 0.6 is 24.0 Å². The van der Waals surface area contributed by atoms with Gasteiger partial charge in [-0.3, -0.25) is 0 Å². The smallest absolute Gasteiger partial charge is 0.191 e. The van der Waals surface area contributed by atoms with Gasteiger partial charge in [-0.2, -0.15) is 0 Å². The number of halogens is 1. The molecule has 0 atom stereocenters. The number of rotatable bonds is 7. The summed E-state index contributed by atoms with van der Waals surface area (Å²) in [5.74, 6) is 3.91. The van der Waals surface area contributed by atoms with Gasteiger partial charge in [-0.1, -0.05) is 13.3 Å². The Hall–Kier alpha value is -0.900. The molecule has 1 aromatic rings. The average molecular weight is 503 g/mol. The van der Waals surface area contributed by atoms with Gasteiger partial charge >= 0.3 is 0 Å². The van der Waals surface area contributed by atoms with Gasteiger partial charge in [0.15, 0.2) is 11.8 Å². The number of aryl methyl sites for hydroxylation is 1. The Morgan fingerprint density at radius 3 is 2.71 bits per heavy atom. The minimum Gasteiger partial charge on any atom is -0.357 e. The van der Waals surface area contributed by atoms with Gasteiger partial charge in [-0.15, -0.1) is 34.2 Å². The van der Waals surface area contributed by atoms with Gasteiger partial charge in [0.25, 0.3) is 0 Å². The van der Waals surface area contributed by atoms with E-state index in [2.05, 4.69) is 44.1 Å². The normalized spacial score (nSPS) is 18.9. The molecule has 1 fully saturated rings. The Bertz CT molecular complexity index is 593. The van der Waals surface area contributed by atoms with E-state index in [1.807, 2.05) is 0 Å². The van der Waals surface area contributed by atoms with E-state index < -0.39 is 0 Å². The number of nitrogens with zero attached hydrogens (tertiary/aromatic N) is 5. The van der Waals surface area contributed by atoms with Gasteiger partial charge in [0.1, 0.15) is 12.4 Å². The van der Waals surface area contributed by atoms with Crippen LogP contribution in [0.5, 0.6) is 0 Å². The summed E-state index contributed by atoms with van der Waals surface area (Å²) < 4.78 is 2.28. The highest BCUT2D eigenvalue weighted by atomic mass is 127. The lowest BCUT2D eigenvalue weighted by Crippen LogP contribution is -2.39. The third kappa shape index (κ3) is 7.17. The van der Waals surface area contributed by atoms with Crippen molar-refractivity contribution in [2.45, 2.75) is 71.9 Å². The Morgan fingerprint density at radius 1 is 1.11 bits per heavy atom. The molecule has 7 nitrogen and oxygen atoms in total. The van der Waals surface area contributed by atoms with E-state index in [1.54, 1.807) is 0 Å². The molecule has 8 heteroatoms. The fraction of sp³-hybridized carbons (Fsp3) is 0.850. The van der Waals surface area contributed by atoms with Crippen LogP contribution < -0.4 is 10.6 Å². The molecule has 0 spiro atoms. The number of hydrogen-bond acceptors (Lipinski definition) is 4. The van der Waals surface area contributed by atoms with Crippen molar-refractivity contribution in [2.24, 2.45) is 10.9 Å². The standard InChI is InChI=1S/C20H37N7.HI/c1-3-21-20(22-11-7-12-26-14-9-17(2)10-15-26)23-16-19-25-24-18-8-5-4-6-13-27(18)19;/h17H,3-16H2,1-2H3,(H2,21,22,23);1H. The Labute approximate surface area is 187 Å². The SMILES string of the molecule is CCNC(=NCc1nnc2n1CCCCC2)NCCCN1CCC(C)CC1.I. The Balaban J connectivity index is 0.00000280. The molecule has 2 aliphatic heterocycles. The van der Waals surface area contributed by atoms with Crippen LogP contribution in [0.1, 0.15) is 64.0 Å². The van der Waals surface area contributed by atoms with Gasteiger partial charge in [0.2, 0.25) is 0 Å². The summed E-state index contributed by atoms with van der Waals surface area (Å²) in [6.45, 7) is 11.6. The van der Waals surface area contributed by atoms with Crippen LogP contribution in [0.25, 0.3) is 0 Å². The fourth-order valence-electron chi connectivity index (χ4n) is 3.95. The molecule has 0 unspecified atom stereocenters. The predicted molar refractivity (Wildman–Crippen MR) is 125 cm³/mol. The quantitative estimate of drug-likeness (QED) is 0.259. The van der Waals surface area contributed by atoms with E-state index in [1.165, 1.54) is 51.7 Å². The van der Waals surface area contributed by atoms with Gasteiger partial charge in [0.05, 0.1) is 0 Å². The first-order valence-corrected chi connectivity index (χ1v) is 10.9. The van der Waals surface area contributed by atoms with E-state index in [0.717, 1.165) is 56.0 Å². The second kappa shape index (κ2) is 12.6. The van der Waals surface area contributed by atoms with Crippen LogP contribution in [0.4, 0.5) is 0 Å². The number of aliphatic imine (C=N–C) groups is 1. The second-order valence-corrected chi connectivity index (χ2v) is 7.99. The molecule has 1 aromatic heterocycles. The van der Waals surface area contributed by atoms with E-state index in [-0.39, 0.29) is 24.0 Å². The molecular formula is C20H38IN7. The fourth-order valence-corrected chi connectivity index (χ4v) is 3.95. The van der Waals surface area contributed by atoms with Crippen molar-refractivity contribution in [2.75, 3.05) is 32.7 Å². The van der Waals surface area contributed by atoms with Gasteiger partial charge in [-0.05, 0) is 64.6 Å². The van der Waals surface area contributed by atoms with Crippen molar-refractivity contribution in [1.29, 1.82) is 0 Å². The van der Waals surface area contributed by atoms with E-state index in [4.69, 9.17) is 4.99 Å². The molecule has 2 aliphatic rings. The largest absolute Gasteiger partial charge is 0.357 e. The van der Waals surface area contributed by atoms with E-state index in [0.29, 0.717) is 6.54 Å². The molecule has 3 heterocycles. The summed E-state index contributed by atoms with van der Waals surface area (Å²) in [4.78, 5) is 7.34.